The zero-order chi connectivity index (χ0) is 26.8. The summed E-state index contributed by atoms with van der Waals surface area (Å²) in [5.41, 5.74) is 4.20. The van der Waals surface area contributed by atoms with Gasteiger partial charge in [0.25, 0.3) is 7.59 Å². The summed E-state index contributed by atoms with van der Waals surface area (Å²) in [5, 5.41) is 18.2. The van der Waals surface area contributed by atoms with Crippen LogP contribution in [0.25, 0.3) is 21.5 Å². The Hall–Kier alpha value is -3.78. The molecule has 0 unspecified atom stereocenters. The normalized spacial score (nSPS) is 16.4. The Labute approximate surface area is 229 Å². The molecule has 1 aliphatic rings. The van der Waals surface area contributed by atoms with Gasteiger partial charge in [-0.25, -0.2) is 14.4 Å². The Morgan fingerprint density at radius 1 is 0.744 bits per heavy atom. The molecule has 6 rings (SSSR count). The largest absolute Gasteiger partial charge is 0.286 e. The highest BCUT2D eigenvalue weighted by Crippen LogP contribution is 2.56. The number of nitrogens with zero attached hydrogens (tertiary/aromatic N) is 3. The molecule has 5 nitrogen and oxygen atoms in total. The molecule has 0 bridgehead atoms. The average Bonchev–Trinajstić information content (AvgIpc) is 3.26. The van der Waals surface area contributed by atoms with Crippen LogP contribution < -0.4 is 5.09 Å². The number of hydrogen-bond donors (Lipinski definition) is 1. The molecule has 0 aromatic heterocycles. The topological polar surface area (TPSA) is 59.4 Å². The maximum absolute atomic E-state index is 15.2. The molecule has 5 aromatic rings. The highest BCUT2D eigenvalue weighted by Gasteiger charge is 2.44. The Kier molecular flexibility index (Phi) is 7.04. The van der Waals surface area contributed by atoms with E-state index in [1.165, 1.54) is 10.8 Å². The molecule has 1 N–H and O–H groups in total. The van der Waals surface area contributed by atoms with Gasteiger partial charge in [-0.1, -0.05) is 115 Å². The maximum atomic E-state index is 15.2. The second-order valence-corrected chi connectivity index (χ2v) is 12.7. The first-order valence-electron chi connectivity index (χ1n) is 13.3. The van der Waals surface area contributed by atoms with Crippen molar-refractivity contribution in [1.29, 1.82) is 5.26 Å². The van der Waals surface area contributed by atoms with Crippen LogP contribution in [0.4, 0.5) is 0 Å². The number of aryl methyl sites for hydroxylation is 1. The summed E-state index contributed by atoms with van der Waals surface area (Å²) >= 11 is 0. The molecule has 6 heteroatoms. The smallest absolute Gasteiger partial charge is 0.270 e. The van der Waals surface area contributed by atoms with E-state index in [4.69, 9.17) is 0 Å². The summed E-state index contributed by atoms with van der Waals surface area (Å²) in [7, 11) is -3.33. The minimum Gasteiger partial charge on any atom is -0.270 e. The van der Waals surface area contributed by atoms with Gasteiger partial charge in [0.05, 0.1) is 6.07 Å². The molecule has 39 heavy (non-hydrogen) atoms. The monoisotopic (exact) mass is 530 g/mol. The zero-order valence-electron chi connectivity index (χ0n) is 22.0. The van der Waals surface area contributed by atoms with E-state index in [0.29, 0.717) is 26.2 Å². The molecule has 1 aliphatic heterocycles. The van der Waals surface area contributed by atoms with E-state index in [1.807, 2.05) is 55.5 Å². The van der Waals surface area contributed by atoms with Gasteiger partial charge in [-0.05, 0) is 45.2 Å². The summed E-state index contributed by atoms with van der Waals surface area (Å²) in [5.74, 6) is 0. The Bertz CT molecular complexity index is 1620. The molecule has 1 saturated heterocycles. The number of nitrogens with one attached hydrogen (secondary N) is 1. The van der Waals surface area contributed by atoms with Crippen molar-refractivity contribution in [2.24, 2.45) is 0 Å². The molecule has 0 aliphatic carbocycles. The fourth-order valence-corrected chi connectivity index (χ4v) is 8.19. The van der Waals surface area contributed by atoms with E-state index in [-0.39, 0.29) is 0 Å². The Balaban J connectivity index is 1.38. The second-order valence-electron chi connectivity index (χ2n) is 10.2. The second kappa shape index (κ2) is 10.8. The van der Waals surface area contributed by atoms with Gasteiger partial charge in [0.15, 0.2) is 0 Å². The van der Waals surface area contributed by atoms with Crippen molar-refractivity contribution in [2.45, 2.75) is 26.1 Å². The summed E-state index contributed by atoms with van der Waals surface area (Å²) in [4.78, 5) is 0. The molecule has 1 heterocycles. The van der Waals surface area contributed by atoms with Crippen LogP contribution in [-0.2, 0) is 17.7 Å². The van der Waals surface area contributed by atoms with Gasteiger partial charge >= 0.3 is 0 Å². The third-order valence-corrected chi connectivity index (χ3v) is 10.5. The van der Waals surface area contributed by atoms with Crippen molar-refractivity contribution in [1.82, 2.24) is 14.4 Å². The van der Waals surface area contributed by atoms with Crippen LogP contribution in [0.1, 0.15) is 28.3 Å². The van der Waals surface area contributed by atoms with Crippen LogP contribution in [-0.4, -0.2) is 22.4 Å². The lowest BCUT2D eigenvalue weighted by Crippen LogP contribution is -2.31. The Morgan fingerprint density at radius 3 is 1.74 bits per heavy atom. The third-order valence-electron chi connectivity index (χ3n) is 7.69. The fourth-order valence-electron chi connectivity index (χ4n) is 5.55. The van der Waals surface area contributed by atoms with Gasteiger partial charge in [-0.15, -0.1) is 0 Å². The predicted molar refractivity (Wildman–Crippen MR) is 159 cm³/mol. The van der Waals surface area contributed by atoms with E-state index >= 15 is 4.57 Å². The van der Waals surface area contributed by atoms with E-state index in [2.05, 4.69) is 81.2 Å². The summed E-state index contributed by atoms with van der Waals surface area (Å²) in [6, 6.07) is 38.8. The number of benzene rings is 5. The highest BCUT2D eigenvalue weighted by atomic mass is 31.2. The molecule has 0 spiro atoms. The van der Waals surface area contributed by atoms with Gasteiger partial charge in [0.1, 0.15) is 6.04 Å². The Morgan fingerprint density at radius 2 is 1.23 bits per heavy atom. The lowest BCUT2D eigenvalue weighted by Gasteiger charge is -2.33. The van der Waals surface area contributed by atoms with Crippen LogP contribution >= 0.6 is 7.59 Å². The van der Waals surface area contributed by atoms with Crippen LogP contribution in [0, 0.1) is 18.3 Å². The van der Waals surface area contributed by atoms with Crippen molar-refractivity contribution in [3.05, 3.63) is 131 Å². The fraction of sp³-hybridized carbons (Fsp3) is 0.182. The molecule has 5 aromatic carbocycles. The number of nitriles is 1. The molecule has 1 atom stereocenters. The average molecular weight is 531 g/mol. The standard InChI is InChI=1S/C33H31N4OP/c1-25-16-18-28(19-17-25)33(22-34)35-39(38)36(23-29-12-6-10-26-8-2-4-14-31(26)29)20-21-37(39)24-30-13-7-11-27-9-3-5-15-32(27)30/h2-19,33H,20-21,23-24H2,1H3,(H,35,38)/t33-/m1/s1. The summed E-state index contributed by atoms with van der Waals surface area (Å²) in [6.07, 6.45) is 0. The molecular weight excluding hydrogens is 499 g/mol. The molecule has 0 radical (unpaired) electrons. The van der Waals surface area contributed by atoms with Crippen molar-refractivity contribution >= 4 is 29.1 Å². The lowest BCUT2D eigenvalue weighted by molar-refractivity contribution is 0.416. The van der Waals surface area contributed by atoms with E-state index in [9.17, 15) is 5.26 Å². The van der Waals surface area contributed by atoms with Gasteiger partial charge in [0, 0.05) is 26.2 Å². The van der Waals surface area contributed by atoms with Gasteiger partial charge in [-0.2, -0.15) is 5.26 Å². The lowest BCUT2D eigenvalue weighted by atomic mass is 10.0. The van der Waals surface area contributed by atoms with Crippen LogP contribution in [0.2, 0.25) is 0 Å². The first-order valence-corrected chi connectivity index (χ1v) is 14.9. The van der Waals surface area contributed by atoms with Gasteiger partial charge in [-0.3, -0.25) is 4.57 Å². The first-order chi connectivity index (χ1) is 19.0. The summed E-state index contributed by atoms with van der Waals surface area (Å²) < 4.78 is 19.3. The van der Waals surface area contributed by atoms with Crippen LogP contribution in [0.15, 0.2) is 109 Å². The number of fused-ring (bicyclic) bond motifs is 2. The molecule has 0 saturated carbocycles. The molecule has 194 valence electrons. The number of rotatable bonds is 7. The minimum atomic E-state index is -3.33. The quantitative estimate of drug-likeness (QED) is 0.220. The molecular formula is C33H31N4OP. The zero-order valence-corrected chi connectivity index (χ0v) is 22.9. The van der Waals surface area contributed by atoms with Crippen molar-refractivity contribution in [3.63, 3.8) is 0 Å². The third kappa shape index (κ3) is 5.01. The first kappa shape index (κ1) is 25.5. The van der Waals surface area contributed by atoms with Crippen LogP contribution in [0.3, 0.4) is 0 Å². The highest BCUT2D eigenvalue weighted by molar-refractivity contribution is 7.57. The van der Waals surface area contributed by atoms with E-state index < -0.39 is 13.6 Å². The van der Waals surface area contributed by atoms with Gasteiger partial charge in [0.2, 0.25) is 0 Å². The minimum absolute atomic E-state index is 0.531. The van der Waals surface area contributed by atoms with Crippen LogP contribution in [0.5, 0.6) is 0 Å². The molecule has 0 amide bonds. The SMILES string of the molecule is Cc1ccc([C@@H](C#N)NP2(=O)N(Cc3cccc4ccccc34)CCN2Cc2cccc3ccccc23)cc1. The number of hydrogen-bond acceptors (Lipinski definition) is 2. The summed E-state index contributed by atoms with van der Waals surface area (Å²) in [6.45, 7) is 4.37. The maximum Gasteiger partial charge on any atom is 0.286 e. The van der Waals surface area contributed by atoms with Crippen molar-refractivity contribution in [3.8, 4) is 6.07 Å². The predicted octanol–water partition coefficient (Wildman–Crippen LogP) is 7.58. The van der Waals surface area contributed by atoms with Crippen molar-refractivity contribution in [2.75, 3.05) is 13.1 Å². The van der Waals surface area contributed by atoms with E-state index in [1.54, 1.807) is 0 Å². The molecule has 1 fully saturated rings. The van der Waals surface area contributed by atoms with E-state index in [0.717, 1.165) is 33.0 Å². The van der Waals surface area contributed by atoms with Gasteiger partial charge < -0.3 is 0 Å². The van der Waals surface area contributed by atoms with Crippen molar-refractivity contribution < 1.29 is 4.57 Å².